The average Bonchev–Trinajstić information content (AvgIpc) is 2.97. The van der Waals surface area contributed by atoms with E-state index in [1.165, 1.54) is 46.7 Å². The summed E-state index contributed by atoms with van der Waals surface area (Å²) in [5.74, 6) is -0.454. The average molecular weight is 567 g/mol. The standard InChI is InChI=1S/C28H27FN4O4S2/c29-24-8-6-21(7-9-24)18-38-19-25(34)16-32-27(35)22-14-26(17-31-15-22)39(36,37)33-12-10-28(20-30,11-13-33)23-4-2-1-3-5-23/h1-9,14-15,17H,10-13,16,18-19H2,(H,32,35). The Morgan fingerprint density at radius 3 is 2.44 bits per heavy atom. The molecule has 1 amide bonds. The van der Waals surface area contributed by atoms with Gasteiger partial charge < -0.3 is 5.32 Å². The lowest BCUT2D eigenvalue weighted by molar-refractivity contribution is -0.115. The van der Waals surface area contributed by atoms with Crippen LogP contribution in [0.4, 0.5) is 4.39 Å². The molecule has 0 unspecified atom stereocenters. The molecule has 202 valence electrons. The molecule has 2 aromatic carbocycles. The Hall–Kier alpha value is -3.59. The predicted octanol–water partition coefficient (Wildman–Crippen LogP) is 3.70. The number of carbonyl (C=O) groups excluding carboxylic acids is 2. The van der Waals surface area contributed by atoms with E-state index in [1.54, 1.807) is 12.1 Å². The van der Waals surface area contributed by atoms with Gasteiger partial charge >= 0.3 is 0 Å². The Morgan fingerprint density at radius 2 is 1.77 bits per heavy atom. The van der Waals surface area contributed by atoms with E-state index in [0.29, 0.717) is 18.6 Å². The van der Waals surface area contributed by atoms with Crippen LogP contribution in [-0.2, 0) is 26.0 Å². The van der Waals surface area contributed by atoms with Crippen LogP contribution in [0.2, 0.25) is 0 Å². The molecule has 4 rings (SSSR count). The van der Waals surface area contributed by atoms with E-state index in [9.17, 15) is 27.7 Å². The summed E-state index contributed by atoms with van der Waals surface area (Å²) in [6.45, 7) is 0.102. The lowest BCUT2D eigenvalue weighted by atomic mass is 9.74. The normalized spacial score (nSPS) is 15.3. The third kappa shape index (κ3) is 6.89. The molecule has 0 radical (unpaired) electrons. The number of hydrogen-bond acceptors (Lipinski definition) is 7. The first-order chi connectivity index (χ1) is 18.7. The number of nitriles is 1. The Morgan fingerprint density at radius 1 is 1.08 bits per heavy atom. The van der Waals surface area contributed by atoms with Crippen LogP contribution in [-0.4, -0.2) is 54.8 Å². The van der Waals surface area contributed by atoms with E-state index in [0.717, 1.165) is 11.1 Å². The van der Waals surface area contributed by atoms with Crippen LogP contribution in [0.3, 0.4) is 0 Å². The molecule has 39 heavy (non-hydrogen) atoms. The number of aromatic nitrogens is 1. The van der Waals surface area contributed by atoms with Gasteiger partial charge in [0.15, 0.2) is 5.78 Å². The number of carbonyl (C=O) groups is 2. The number of thioether (sulfide) groups is 1. The van der Waals surface area contributed by atoms with Crippen molar-refractivity contribution in [1.29, 1.82) is 5.26 Å². The lowest BCUT2D eigenvalue weighted by Crippen LogP contribution is -2.44. The van der Waals surface area contributed by atoms with Crippen molar-refractivity contribution in [2.45, 2.75) is 28.9 Å². The largest absolute Gasteiger partial charge is 0.345 e. The second kappa shape index (κ2) is 12.5. The van der Waals surface area contributed by atoms with Gasteiger partial charge in [0.2, 0.25) is 10.0 Å². The number of amides is 1. The molecule has 0 saturated carbocycles. The van der Waals surface area contributed by atoms with Gasteiger partial charge in [-0.15, -0.1) is 11.8 Å². The zero-order valence-electron chi connectivity index (χ0n) is 21.0. The number of piperidine rings is 1. The molecular formula is C28H27FN4O4S2. The van der Waals surface area contributed by atoms with Gasteiger partial charge in [0, 0.05) is 31.2 Å². The smallest absolute Gasteiger partial charge is 0.253 e. The van der Waals surface area contributed by atoms with Gasteiger partial charge in [0.25, 0.3) is 5.91 Å². The Kier molecular flexibility index (Phi) is 9.12. The molecule has 0 bridgehead atoms. The number of ketones is 1. The first kappa shape index (κ1) is 28.4. The van der Waals surface area contributed by atoms with Crippen LogP contribution in [0.5, 0.6) is 0 Å². The van der Waals surface area contributed by atoms with Crippen molar-refractivity contribution in [3.63, 3.8) is 0 Å². The Balaban J connectivity index is 1.32. The van der Waals surface area contributed by atoms with Crippen molar-refractivity contribution in [3.05, 3.63) is 95.6 Å². The Labute approximate surface area is 231 Å². The number of Topliss-reactive ketones (excluding diaryl/α,β-unsaturated/α-hetero) is 1. The second-order valence-electron chi connectivity index (χ2n) is 9.21. The predicted molar refractivity (Wildman–Crippen MR) is 146 cm³/mol. The fourth-order valence-corrected chi connectivity index (χ4v) is 6.65. The molecule has 8 nitrogen and oxygen atoms in total. The maximum absolute atomic E-state index is 13.3. The van der Waals surface area contributed by atoms with Crippen LogP contribution in [0, 0.1) is 17.1 Å². The third-order valence-corrected chi connectivity index (χ3v) is 9.55. The number of hydrogen-bond donors (Lipinski definition) is 1. The summed E-state index contributed by atoms with van der Waals surface area (Å²) in [4.78, 5) is 28.6. The molecule has 0 aliphatic carbocycles. The molecule has 1 fully saturated rings. The number of benzene rings is 2. The highest BCUT2D eigenvalue weighted by atomic mass is 32.2. The number of sulfonamides is 1. The van der Waals surface area contributed by atoms with E-state index in [1.807, 2.05) is 30.3 Å². The number of pyridine rings is 1. The molecule has 1 N–H and O–H groups in total. The molecule has 1 saturated heterocycles. The van der Waals surface area contributed by atoms with E-state index in [2.05, 4.69) is 16.4 Å². The highest BCUT2D eigenvalue weighted by Crippen LogP contribution is 2.36. The van der Waals surface area contributed by atoms with Crippen LogP contribution in [0.25, 0.3) is 0 Å². The summed E-state index contributed by atoms with van der Waals surface area (Å²) in [6.07, 6.45) is 3.13. The first-order valence-corrected chi connectivity index (χ1v) is 14.9. The highest BCUT2D eigenvalue weighted by Gasteiger charge is 2.40. The first-order valence-electron chi connectivity index (χ1n) is 12.3. The molecule has 2 heterocycles. The molecule has 0 spiro atoms. The topological polar surface area (TPSA) is 120 Å². The molecule has 1 aliphatic heterocycles. The molecule has 0 atom stereocenters. The van der Waals surface area contributed by atoms with Gasteiger partial charge in [0.05, 0.1) is 29.3 Å². The van der Waals surface area contributed by atoms with Gasteiger partial charge in [-0.1, -0.05) is 42.5 Å². The van der Waals surface area contributed by atoms with Crippen molar-refractivity contribution >= 4 is 33.5 Å². The van der Waals surface area contributed by atoms with Gasteiger partial charge in [-0.2, -0.15) is 9.57 Å². The van der Waals surface area contributed by atoms with Gasteiger partial charge in [-0.25, -0.2) is 12.8 Å². The maximum Gasteiger partial charge on any atom is 0.253 e. The fourth-order valence-electron chi connectivity index (χ4n) is 4.36. The quantitative estimate of drug-likeness (QED) is 0.397. The second-order valence-corrected chi connectivity index (χ2v) is 12.1. The molecule has 11 heteroatoms. The van der Waals surface area contributed by atoms with E-state index >= 15 is 0 Å². The van der Waals surface area contributed by atoms with Gasteiger partial charge in [0.1, 0.15) is 10.7 Å². The summed E-state index contributed by atoms with van der Waals surface area (Å²) in [7, 11) is -3.94. The molecule has 1 aliphatic rings. The number of rotatable bonds is 10. The number of nitrogens with one attached hydrogen (secondary N) is 1. The zero-order valence-corrected chi connectivity index (χ0v) is 22.7. The number of halogens is 1. The van der Waals surface area contributed by atoms with Crippen molar-refractivity contribution in [3.8, 4) is 6.07 Å². The monoisotopic (exact) mass is 566 g/mol. The summed E-state index contributed by atoms with van der Waals surface area (Å²) in [5.41, 5.74) is 1.02. The summed E-state index contributed by atoms with van der Waals surface area (Å²) in [6, 6.07) is 19.0. The minimum absolute atomic E-state index is 0.0236. The molecule has 1 aromatic heterocycles. The summed E-state index contributed by atoms with van der Waals surface area (Å²) >= 11 is 1.35. The van der Waals surface area contributed by atoms with Crippen molar-refractivity contribution in [2.24, 2.45) is 0 Å². The zero-order chi connectivity index (χ0) is 27.9. The van der Waals surface area contributed by atoms with Crippen molar-refractivity contribution in [1.82, 2.24) is 14.6 Å². The lowest BCUT2D eigenvalue weighted by Gasteiger charge is -2.36. The highest BCUT2D eigenvalue weighted by molar-refractivity contribution is 7.99. The SMILES string of the molecule is N#CC1(c2ccccc2)CCN(S(=O)(=O)c2cncc(C(=O)NCC(=O)CSCc3ccc(F)cc3)c2)CC1. The van der Waals surface area contributed by atoms with Crippen LogP contribution in [0.15, 0.2) is 78.0 Å². The molecular weight excluding hydrogens is 539 g/mol. The maximum atomic E-state index is 13.3. The minimum Gasteiger partial charge on any atom is -0.345 e. The summed E-state index contributed by atoms with van der Waals surface area (Å²) < 4.78 is 40.9. The van der Waals surface area contributed by atoms with Gasteiger partial charge in [-0.3, -0.25) is 14.6 Å². The van der Waals surface area contributed by atoms with E-state index in [4.69, 9.17) is 0 Å². The third-order valence-electron chi connectivity index (χ3n) is 6.62. The van der Waals surface area contributed by atoms with E-state index in [-0.39, 0.29) is 47.4 Å². The summed E-state index contributed by atoms with van der Waals surface area (Å²) in [5, 5.41) is 12.4. The number of nitrogens with zero attached hydrogens (tertiary/aromatic N) is 3. The van der Waals surface area contributed by atoms with Crippen LogP contribution < -0.4 is 5.32 Å². The fraction of sp³-hybridized carbons (Fsp3) is 0.286. The van der Waals surface area contributed by atoms with Crippen molar-refractivity contribution < 1.29 is 22.4 Å². The van der Waals surface area contributed by atoms with E-state index < -0.39 is 21.3 Å². The minimum atomic E-state index is -3.94. The van der Waals surface area contributed by atoms with Crippen molar-refractivity contribution in [2.75, 3.05) is 25.4 Å². The molecule has 3 aromatic rings. The Bertz CT molecular complexity index is 1470. The van der Waals surface area contributed by atoms with Gasteiger partial charge in [-0.05, 0) is 42.2 Å². The van der Waals surface area contributed by atoms with Crippen LogP contribution >= 0.6 is 11.8 Å². The van der Waals surface area contributed by atoms with Crippen LogP contribution in [0.1, 0.15) is 34.3 Å².